The third-order valence-corrected chi connectivity index (χ3v) is 6.78. The van der Waals surface area contributed by atoms with Gasteiger partial charge in [0, 0.05) is 43.9 Å². The molecule has 0 fully saturated rings. The van der Waals surface area contributed by atoms with Crippen molar-refractivity contribution in [3.63, 3.8) is 0 Å². The molecule has 2 aromatic carbocycles. The Balaban J connectivity index is 1.40. The maximum Gasteiger partial charge on any atom is 0.242 e. The normalized spacial score (nSPS) is 11.6. The Hall–Kier alpha value is -3.88. The molecule has 0 aliphatic rings. The fraction of sp³-hybridized carbons (Fsp3) is 0.241. The second-order valence-electron chi connectivity index (χ2n) is 9.00. The van der Waals surface area contributed by atoms with Crippen molar-refractivity contribution in [1.29, 1.82) is 0 Å². The van der Waals surface area contributed by atoms with Crippen molar-refractivity contribution in [2.24, 2.45) is 0 Å². The summed E-state index contributed by atoms with van der Waals surface area (Å²) in [6, 6.07) is 18.0. The molecule has 0 saturated carbocycles. The van der Waals surface area contributed by atoms with Gasteiger partial charge < -0.3 is 15.4 Å². The predicted molar refractivity (Wildman–Crippen MR) is 152 cm³/mol. The highest BCUT2D eigenvalue weighted by molar-refractivity contribution is 6.42. The molecule has 0 saturated heterocycles. The van der Waals surface area contributed by atoms with Gasteiger partial charge >= 0.3 is 0 Å². The summed E-state index contributed by atoms with van der Waals surface area (Å²) < 4.78 is 7.67. The number of halogens is 2. The molecule has 2 N–H and O–H groups in total. The Bertz CT molecular complexity index is 1420. The number of hydrogen-bond donors (Lipinski definition) is 2. The standard InChI is InChI=1S/C29H29Cl2N5O3/c1-19-7-9-20(10-8-19)15-26(29(38)32-2)34-27(37)6-4-14-39-28-17-25(21-5-3-13-33-18-21)35-36(28)22-11-12-23(30)24(31)16-22/h3,5,7-13,16-18,26H,4,6,14-15H2,1-2H3,(H,32,38)(H,34,37)/t26-/m0/s1. The number of aryl methyl sites for hydroxylation is 1. The second-order valence-corrected chi connectivity index (χ2v) is 9.81. The average molecular weight is 566 g/mol. The first kappa shape index (κ1) is 28.1. The molecule has 0 radical (unpaired) electrons. The number of nitrogens with zero attached hydrogens (tertiary/aromatic N) is 3. The summed E-state index contributed by atoms with van der Waals surface area (Å²) in [5.74, 6) is 0.0113. The zero-order chi connectivity index (χ0) is 27.8. The van der Waals surface area contributed by atoms with Gasteiger partial charge in [0.2, 0.25) is 17.7 Å². The first-order valence-electron chi connectivity index (χ1n) is 12.5. The summed E-state index contributed by atoms with van der Waals surface area (Å²) in [6.07, 6.45) is 4.44. The Kier molecular flexibility index (Phi) is 9.57. The molecule has 4 rings (SSSR count). The summed E-state index contributed by atoms with van der Waals surface area (Å²) in [6.45, 7) is 2.26. The van der Waals surface area contributed by atoms with Crippen molar-refractivity contribution < 1.29 is 14.3 Å². The molecule has 0 bridgehead atoms. The van der Waals surface area contributed by atoms with E-state index < -0.39 is 6.04 Å². The molecule has 1 atom stereocenters. The van der Waals surface area contributed by atoms with Crippen LogP contribution in [0.3, 0.4) is 0 Å². The van der Waals surface area contributed by atoms with Crippen molar-refractivity contribution >= 4 is 35.0 Å². The molecule has 4 aromatic rings. The van der Waals surface area contributed by atoms with Crippen molar-refractivity contribution in [2.75, 3.05) is 13.7 Å². The fourth-order valence-corrected chi connectivity index (χ4v) is 4.24. The van der Waals surface area contributed by atoms with Gasteiger partial charge in [0.25, 0.3) is 0 Å². The van der Waals surface area contributed by atoms with Crippen molar-refractivity contribution in [2.45, 2.75) is 32.2 Å². The van der Waals surface area contributed by atoms with Crippen molar-refractivity contribution in [3.05, 3.63) is 94.2 Å². The number of likely N-dealkylation sites (N-methyl/N-ethyl adjacent to an activating group) is 1. The third kappa shape index (κ3) is 7.59. The zero-order valence-electron chi connectivity index (χ0n) is 21.7. The highest BCUT2D eigenvalue weighted by Gasteiger charge is 2.20. The molecule has 8 nitrogen and oxygen atoms in total. The number of amides is 2. The van der Waals surface area contributed by atoms with E-state index in [4.69, 9.17) is 27.9 Å². The quantitative estimate of drug-likeness (QED) is 0.244. The Morgan fingerprint density at radius 1 is 1.05 bits per heavy atom. The zero-order valence-corrected chi connectivity index (χ0v) is 23.2. The molecule has 2 amide bonds. The van der Waals surface area contributed by atoms with Crippen LogP contribution in [0.4, 0.5) is 0 Å². The van der Waals surface area contributed by atoms with E-state index >= 15 is 0 Å². The summed E-state index contributed by atoms with van der Waals surface area (Å²) in [5.41, 5.74) is 4.28. The van der Waals surface area contributed by atoms with Crippen LogP contribution in [0.25, 0.3) is 16.9 Å². The van der Waals surface area contributed by atoms with Gasteiger partial charge in [0.1, 0.15) is 6.04 Å². The topological polar surface area (TPSA) is 98.1 Å². The Morgan fingerprint density at radius 3 is 2.54 bits per heavy atom. The number of rotatable bonds is 11. The van der Waals surface area contributed by atoms with Crippen LogP contribution < -0.4 is 15.4 Å². The number of ether oxygens (including phenoxy) is 1. The second kappa shape index (κ2) is 13.3. The van der Waals surface area contributed by atoms with E-state index in [1.54, 1.807) is 42.3 Å². The fourth-order valence-electron chi connectivity index (χ4n) is 3.94. The van der Waals surface area contributed by atoms with E-state index in [-0.39, 0.29) is 24.8 Å². The van der Waals surface area contributed by atoms with Crippen molar-refractivity contribution in [3.8, 4) is 22.8 Å². The van der Waals surface area contributed by atoms with Crippen molar-refractivity contribution in [1.82, 2.24) is 25.4 Å². The number of hydrogen-bond acceptors (Lipinski definition) is 5. The monoisotopic (exact) mass is 565 g/mol. The minimum Gasteiger partial charge on any atom is -0.478 e. The van der Waals surface area contributed by atoms with Gasteiger partial charge in [0.15, 0.2) is 0 Å². The molecule has 2 heterocycles. The molecule has 0 unspecified atom stereocenters. The van der Waals surface area contributed by atoms with Crippen LogP contribution in [-0.4, -0.2) is 46.3 Å². The van der Waals surface area contributed by atoms with Gasteiger partial charge in [-0.15, -0.1) is 0 Å². The highest BCUT2D eigenvalue weighted by Crippen LogP contribution is 2.29. The van der Waals surface area contributed by atoms with Gasteiger partial charge in [0.05, 0.1) is 28.0 Å². The van der Waals surface area contributed by atoms with E-state index in [1.165, 1.54) is 0 Å². The summed E-state index contributed by atoms with van der Waals surface area (Å²) in [7, 11) is 1.56. The lowest BCUT2D eigenvalue weighted by molar-refractivity contribution is -0.128. The molecular formula is C29H29Cl2N5O3. The summed E-state index contributed by atoms with van der Waals surface area (Å²) in [4.78, 5) is 29.2. The largest absolute Gasteiger partial charge is 0.478 e. The molecule has 0 spiro atoms. The van der Waals surface area contributed by atoms with Gasteiger partial charge in [-0.2, -0.15) is 5.10 Å². The number of aromatic nitrogens is 3. The lowest BCUT2D eigenvalue weighted by Crippen LogP contribution is -2.47. The van der Waals surface area contributed by atoms with Crippen LogP contribution in [0.1, 0.15) is 24.0 Å². The SMILES string of the molecule is CNC(=O)[C@H](Cc1ccc(C)cc1)NC(=O)CCCOc1cc(-c2cccnc2)nn1-c1ccc(Cl)c(Cl)c1. The smallest absolute Gasteiger partial charge is 0.242 e. The first-order chi connectivity index (χ1) is 18.8. The Labute approximate surface area is 237 Å². The minimum atomic E-state index is -0.663. The maximum absolute atomic E-state index is 12.7. The van der Waals surface area contributed by atoms with Gasteiger partial charge in [-0.3, -0.25) is 14.6 Å². The molecular weight excluding hydrogens is 537 g/mol. The molecule has 0 aliphatic heterocycles. The van der Waals surface area contributed by atoms with Gasteiger partial charge in [-0.1, -0.05) is 53.0 Å². The van der Waals surface area contributed by atoms with Crippen LogP contribution in [0.5, 0.6) is 5.88 Å². The first-order valence-corrected chi connectivity index (χ1v) is 13.2. The predicted octanol–water partition coefficient (Wildman–Crippen LogP) is 5.18. The minimum absolute atomic E-state index is 0.192. The van der Waals surface area contributed by atoms with Crippen LogP contribution >= 0.6 is 23.2 Å². The number of carbonyl (C=O) groups excluding carboxylic acids is 2. The number of carbonyl (C=O) groups is 2. The number of benzene rings is 2. The molecule has 39 heavy (non-hydrogen) atoms. The molecule has 202 valence electrons. The molecule has 2 aromatic heterocycles. The van der Waals surface area contributed by atoms with Crippen LogP contribution in [0.2, 0.25) is 10.0 Å². The number of pyridine rings is 1. The number of nitrogens with one attached hydrogen (secondary N) is 2. The lowest BCUT2D eigenvalue weighted by atomic mass is 10.0. The van der Waals surface area contributed by atoms with E-state index in [1.807, 2.05) is 49.4 Å². The maximum atomic E-state index is 12.7. The average Bonchev–Trinajstić information content (AvgIpc) is 3.37. The molecule has 0 aliphatic carbocycles. The van der Waals surface area contributed by atoms with Gasteiger partial charge in [-0.05, 0) is 49.2 Å². The van der Waals surface area contributed by atoms with E-state index in [0.29, 0.717) is 40.1 Å². The molecule has 10 heteroatoms. The Morgan fingerprint density at radius 2 is 1.85 bits per heavy atom. The van der Waals surface area contributed by atoms with E-state index in [9.17, 15) is 9.59 Å². The lowest BCUT2D eigenvalue weighted by Gasteiger charge is -2.17. The van der Waals surface area contributed by atoms with Crippen LogP contribution in [0, 0.1) is 6.92 Å². The van der Waals surface area contributed by atoms with E-state index in [0.717, 1.165) is 16.7 Å². The summed E-state index contributed by atoms with van der Waals surface area (Å²) in [5, 5.41) is 11.0. The van der Waals surface area contributed by atoms with Gasteiger partial charge in [-0.25, -0.2) is 4.68 Å². The van der Waals surface area contributed by atoms with Crippen LogP contribution in [0.15, 0.2) is 73.1 Å². The van der Waals surface area contributed by atoms with E-state index in [2.05, 4.69) is 20.7 Å². The third-order valence-electron chi connectivity index (χ3n) is 6.04. The highest BCUT2D eigenvalue weighted by atomic mass is 35.5. The summed E-state index contributed by atoms with van der Waals surface area (Å²) >= 11 is 12.3. The van der Waals surface area contributed by atoms with Crippen LogP contribution in [-0.2, 0) is 16.0 Å².